The highest BCUT2D eigenvalue weighted by atomic mass is 32.2. The highest BCUT2D eigenvalue weighted by molar-refractivity contribution is 8.01. The average Bonchev–Trinajstić information content (AvgIpc) is 1.98. The van der Waals surface area contributed by atoms with Crippen LogP contribution in [0.3, 0.4) is 0 Å². The first-order valence-corrected chi connectivity index (χ1v) is 4.16. The summed E-state index contributed by atoms with van der Waals surface area (Å²) < 4.78 is 0. The van der Waals surface area contributed by atoms with Gasteiger partial charge in [-0.05, 0) is 17.7 Å². The number of carboxylic acids is 1. The fourth-order valence-electron chi connectivity index (χ4n) is 0.410. The van der Waals surface area contributed by atoms with E-state index in [1.54, 1.807) is 6.26 Å². The van der Waals surface area contributed by atoms with E-state index < -0.39 is 18.2 Å². The molecule has 5 heteroatoms. The number of carboxylic acid groups (broad SMARTS) is 1. The summed E-state index contributed by atoms with van der Waals surface area (Å²) in [7, 11) is 0. The predicted molar refractivity (Wildman–Crippen MR) is 42.3 cm³/mol. The van der Waals surface area contributed by atoms with Gasteiger partial charge in [-0.1, -0.05) is 0 Å². The van der Waals surface area contributed by atoms with E-state index in [-0.39, 0.29) is 0 Å². The number of rotatable bonds is 4. The van der Waals surface area contributed by atoms with Gasteiger partial charge in [0.2, 0.25) is 0 Å². The molecule has 0 aliphatic rings. The maximum absolute atomic E-state index is 10.1. The highest BCUT2D eigenvalue weighted by Crippen LogP contribution is 2.00. The minimum atomic E-state index is -1.74. The Balaban J connectivity index is 3.91. The van der Waals surface area contributed by atoms with Crippen molar-refractivity contribution in [3.63, 3.8) is 0 Å². The molecule has 0 aromatic rings. The Bertz CT molecular complexity index is 157. The van der Waals surface area contributed by atoms with E-state index in [9.17, 15) is 4.79 Å². The Kier molecular flexibility index (Phi) is 4.93. The van der Waals surface area contributed by atoms with Crippen LogP contribution >= 0.6 is 11.8 Å². The van der Waals surface area contributed by atoms with E-state index in [0.717, 1.165) is 0 Å². The molecule has 0 rings (SSSR count). The van der Waals surface area contributed by atoms with Crippen molar-refractivity contribution in [1.29, 1.82) is 0 Å². The summed E-state index contributed by atoms with van der Waals surface area (Å²) >= 11 is 1.31. The summed E-state index contributed by atoms with van der Waals surface area (Å²) in [4.78, 5) is 10.1. The van der Waals surface area contributed by atoms with Gasteiger partial charge in [0, 0.05) is 0 Å². The largest absolute Gasteiger partial charge is 0.479 e. The minimum absolute atomic E-state index is 1.23. The van der Waals surface area contributed by atoms with Gasteiger partial charge >= 0.3 is 5.97 Å². The molecule has 0 unspecified atom stereocenters. The molecule has 0 aliphatic carbocycles. The van der Waals surface area contributed by atoms with Gasteiger partial charge in [-0.3, -0.25) is 0 Å². The zero-order valence-electron chi connectivity index (χ0n) is 5.97. The molecule has 0 spiro atoms. The molecule has 0 aliphatic heterocycles. The van der Waals surface area contributed by atoms with Crippen molar-refractivity contribution in [2.75, 3.05) is 6.26 Å². The summed E-state index contributed by atoms with van der Waals surface area (Å²) in [6, 6.07) is 0. The first-order chi connectivity index (χ1) is 5.09. The zero-order valence-corrected chi connectivity index (χ0v) is 6.78. The summed E-state index contributed by atoms with van der Waals surface area (Å²) in [6.45, 7) is 0. The molecule has 2 atom stereocenters. The number of aliphatic carboxylic acids is 1. The number of carbonyl (C=O) groups is 1. The molecule has 0 heterocycles. The first kappa shape index (κ1) is 10.5. The Labute approximate surface area is 68.5 Å². The number of hydrogen-bond acceptors (Lipinski definition) is 4. The van der Waals surface area contributed by atoms with Crippen LogP contribution in [0.25, 0.3) is 0 Å². The molecule has 11 heavy (non-hydrogen) atoms. The van der Waals surface area contributed by atoms with Crippen molar-refractivity contribution in [2.45, 2.75) is 12.2 Å². The third-order valence-electron chi connectivity index (χ3n) is 0.988. The minimum Gasteiger partial charge on any atom is -0.479 e. The fraction of sp³-hybridized carbons (Fsp3) is 0.500. The van der Waals surface area contributed by atoms with Crippen molar-refractivity contribution < 1.29 is 20.1 Å². The maximum Gasteiger partial charge on any atom is 0.335 e. The van der Waals surface area contributed by atoms with E-state index in [0.29, 0.717) is 0 Å². The molecule has 0 saturated heterocycles. The van der Waals surface area contributed by atoms with E-state index in [4.69, 9.17) is 15.3 Å². The van der Waals surface area contributed by atoms with E-state index in [2.05, 4.69) is 0 Å². The van der Waals surface area contributed by atoms with Gasteiger partial charge < -0.3 is 15.3 Å². The van der Waals surface area contributed by atoms with E-state index in [1.807, 2.05) is 0 Å². The van der Waals surface area contributed by atoms with Crippen molar-refractivity contribution in [3.05, 3.63) is 11.5 Å². The molecule has 64 valence electrons. The zero-order chi connectivity index (χ0) is 8.85. The number of aliphatic hydroxyl groups is 2. The highest BCUT2D eigenvalue weighted by Gasteiger charge is 2.20. The Morgan fingerprint density at radius 2 is 2.09 bits per heavy atom. The summed E-state index contributed by atoms with van der Waals surface area (Å²) in [5.41, 5.74) is 0. The van der Waals surface area contributed by atoms with Gasteiger partial charge in [0.1, 0.15) is 6.10 Å². The molecule has 0 saturated carbocycles. The second-order valence-electron chi connectivity index (χ2n) is 1.84. The standard InChI is InChI=1S/C6H10O4S/c1-11-3-2-4(7)5(8)6(9)10/h2-5,7-8H,1H3,(H,9,10)/b3-2+/t4-,5-/m1/s1. The smallest absolute Gasteiger partial charge is 0.335 e. The van der Waals surface area contributed by atoms with Crippen molar-refractivity contribution in [1.82, 2.24) is 0 Å². The summed E-state index contributed by atoms with van der Waals surface area (Å²) in [5, 5.41) is 27.3. The lowest BCUT2D eigenvalue weighted by molar-refractivity contribution is -0.150. The maximum atomic E-state index is 10.1. The van der Waals surface area contributed by atoms with E-state index >= 15 is 0 Å². The fourth-order valence-corrected chi connectivity index (χ4v) is 0.729. The van der Waals surface area contributed by atoms with Crippen LogP contribution in [-0.4, -0.2) is 39.8 Å². The number of hydrogen-bond donors (Lipinski definition) is 3. The van der Waals surface area contributed by atoms with Gasteiger partial charge in [0.15, 0.2) is 6.10 Å². The molecule has 0 aromatic carbocycles. The molecular weight excluding hydrogens is 168 g/mol. The molecule has 4 nitrogen and oxygen atoms in total. The monoisotopic (exact) mass is 178 g/mol. The SMILES string of the molecule is CS/C=C/[C@@H](O)[C@@H](O)C(=O)O. The summed E-state index contributed by atoms with van der Waals surface area (Å²) in [5.74, 6) is -1.43. The van der Waals surface area contributed by atoms with Crippen LogP contribution in [0.1, 0.15) is 0 Å². The molecule has 3 N–H and O–H groups in total. The lowest BCUT2D eigenvalue weighted by atomic mass is 10.2. The lowest BCUT2D eigenvalue weighted by Crippen LogP contribution is -2.31. The molecule has 0 fully saturated rings. The van der Waals surface area contributed by atoms with Gasteiger partial charge in [-0.15, -0.1) is 11.8 Å². The van der Waals surface area contributed by atoms with Gasteiger partial charge in [0.05, 0.1) is 0 Å². The first-order valence-electron chi connectivity index (χ1n) is 2.88. The molecule has 0 bridgehead atoms. The quantitative estimate of drug-likeness (QED) is 0.549. The Morgan fingerprint density at radius 3 is 2.45 bits per heavy atom. The Hall–Kier alpha value is -0.520. The topological polar surface area (TPSA) is 77.8 Å². The van der Waals surface area contributed by atoms with E-state index in [1.165, 1.54) is 23.2 Å². The van der Waals surface area contributed by atoms with Gasteiger partial charge in [0.25, 0.3) is 0 Å². The van der Waals surface area contributed by atoms with Crippen molar-refractivity contribution in [2.24, 2.45) is 0 Å². The number of thioether (sulfide) groups is 1. The van der Waals surface area contributed by atoms with Crippen LogP contribution in [0.2, 0.25) is 0 Å². The number of aliphatic hydroxyl groups excluding tert-OH is 2. The van der Waals surface area contributed by atoms with Crippen LogP contribution < -0.4 is 0 Å². The van der Waals surface area contributed by atoms with Crippen LogP contribution in [0, 0.1) is 0 Å². The van der Waals surface area contributed by atoms with Crippen LogP contribution in [0.15, 0.2) is 11.5 Å². The van der Waals surface area contributed by atoms with Crippen LogP contribution in [0.5, 0.6) is 0 Å². The molecule has 0 radical (unpaired) electrons. The Morgan fingerprint density at radius 1 is 1.55 bits per heavy atom. The van der Waals surface area contributed by atoms with Gasteiger partial charge in [-0.2, -0.15) is 0 Å². The molecular formula is C6H10O4S. The van der Waals surface area contributed by atoms with Crippen LogP contribution in [0.4, 0.5) is 0 Å². The van der Waals surface area contributed by atoms with Crippen molar-refractivity contribution >= 4 is 17.7 Å². The third kappa shape index (κ3) is 4.02. The molecule has 0 aromatic heterocycles. The predicted octanol–water partition coefficient (Wildman–Crippen LogP) is -0.331. The van der Waals surface area contributed by atoms with Gasteiger partial charge in [-0.25, -0.2) is 4.79 Å². The van der Waals surface area contributed by atoms with Crippen LogP contribution in [-0.2, 0) is 4.79 Å². The summed E-state index contributed by atoms with van der Waals surface area (Å²) in [6.07, 6.45) is -0.0850. The lowest BCUT2D eigenvalue weighted by Gasteiger charge is -2.08. The molecule has 0 amide bonds. The second-order valence-corrected chi connectivity index (χ2v) is 2.58. The normalized spacial score (nSPS) is 16.6. The van der Waals surface area contributed by atoms with Crippen molar-refractivity contribution in [3.8, 4) is 0 Å². The third-order valence-corrected chi connectivity index (χ3v) is 1.42. The average molecular weight is 178 g/mol. The second kappa shape index (κ2) is 5.17.